The summed E-state index contributed by atoms with van der Waals surface area (Å²) in [6, 6.07) is 7.03. The zero-order chi connectivity index (χ0) is 16.2. The minimum Gasteiger partial charge on any atom is -0.387 e. The second kappa shape index (κ2) is 7.34. The lowest BCUT2D eigenvalue weighted by Gasteiger charge is -2.23. The Bertz CT molecular complexity index is 521. The summed E-state index contributed by atoms with van der Waals surface area (Å²) in [6.07, 6.45) is -1.06. The van der Waals surface area contributed by atoms with Crippen LogP contribution in [0.3, 0.4) is 0 Å². The van der Waals surface area contributed by atoms with Crippen molar-refractivity contribution in [2.45, 2.75) is 30.7 Å². The van der Waals surface area contributed by atoms with E-state index >= 15 is 0 Å². The molecule has 0 saturated carbocycles. The van der Waals surface area contributed by atoms with Crippen LogP contribution in [0.15, 0.2) is 29.3 Å². The third-order valence-electron chi connectivity index (χ3n) is 2.76. The van der Waals surface area contributed by atoms with Crippen molar-refractivity contribution in [1.29, 1.82) is 0 Å². The number of nitrogens with two attached hydrogens (primary N) is 1. The molecule has 0 aliphatic rings. The monoisotopic (exact) mass is 349 g/mol. The number of halogens is 3. The van der Waals surface area contributed by atoms with E-state index in [0.29, 0.717) is 11.4 Å². The molecule has 0 spiro atoms. The zero-order valence-electron chi connectivity index (χ0n) is 12.0. The van der Waals surface area contributed by atoms with Gasteiger partial charge in [0.1, 0.15) is 0 Å². The Morgan fingerprint density at radius 3 is 2.19 bits per heavy atom. The third-order valence-corrected chi connectivity index (χ3v) is 3.38. The van der Waals surface area contributed by atoms with Gasteiger partial charge >= 0.3 is 0 Å². The fraction of sp³-hybridized carbons (Fsp3) is 0.429. The standard InChI is InChI=1S/C14H18Cl3N3O/c1-8(2)11(18)19-13(14(15,16)17)20-12(21)10-6-4-9(3)5-7-10/h4-8,13H,1-3H3,(H2,18,19)(H,20,21)/t13-/m0/s1. The van der Waals surface area contributed by atoms with Crippen LogP contribution in [0.25, 0.3) is 0 Å². The van der Waals surface area contributed by atoms with Gasteiger partial charge in [0, 0.05) is 11.5 Å². The van der Waals surface area contributed by atoms with Gasteiger partial charge in [-0.05, 0) is 19.1 Å². The Morgan fingerprint density at radius 2 is 1.76 bits per heavy atom. The number of amidine groups is 1. The number of carbonyl (C=O) groups excluding carboxylic acids is 1. The van der Waals surface area contributed by atoms with E-state index in [0.717, 1.165) is 5.56 Å². The molecule has 0 aliphatic heterocycles. The van der Waals surface area contributed by atoms with Gasteiger partial charge in [0.25, 0.3) is 5.91 Å². The topological polar surface area (TPSA) is 67.5 Å². The first-order chi connectivity index (χ1) is 9.61. The fourth-order valence-corrected chi connectivity index (χ4v) is 1.71. The van der Waals surface area contributed by atoms with Crippen molar-refractivity contribution in [3.8, 4) is 0 Å². The smallest absolute Gasteiger partial charge is 0.253 e. The molecule has 1 rings (SSSR count). The number of rotatable bonds is 4. The molecule has 0 radical (unpaired) electrons. The maximum Gasteiger partial charge on any atom is 0.253 e. The molecule has 1 atom stereocenters. The van der Waals surface area contributed by atoms with Crippen molar-refractivity contribution in [2.75, 3.05) is 0 Å². The number of carbonyl (C=O) groups is 1. The lowest BCUT2D eigenvalue weighted by atomic mass is 10.1. The summed E-state index contributed by atoms with van der Waals surface area (Å²) < 4.78 is -1.79. The van der Waals surface area contributed by atoms with Crippen LogP contribution >= 0.6 is 34.8 Å². The number of aryl methyl sites for hydroxylation is 1. The minimum absolute atomic E-state index is 0.0175. The summed E-state index contributed by atoms with van der Waals surface area (Å²) in [5, 5.41) is 2.58. The van der Waals surface area contributed by atoms with Gasteiger partial charge in [0.15, 0.2) is 6.17 Å². The van der Waals surface area contributed by atoms with E-state index in [4.69, 9.17) is 40.5 Å². The van der Waals surface area contributed by atoms with Crippen molar-refractivity contribution < 1.29 is 4.79 Å². The molecule has 0 aliphatic carbocycles. The van der Waals surface area contributed by atoms with Crippen LogP contribution in [0.5, 0.6) is 0 Å². The molecular weight excluding hydrogens is 333 g/mol. The van der Waals surface area contributed by atoms with Gasteiger partial charge in [-0.2, -0.15) is 0 Å². The zero-order valence-corrected chi connectivity index (χ0v) is 14.3. The van der Waals surface area contributed by atoms with E-state index in [1.165, 1.54) is 0 Å². The number of aliphatic imine (C=N–C) groups is 1. The molecule has 7 heteroatoms. The normalized spacial score (nSPS) is 14.1. The number of nitrogens with one attached hydrogen (secondary N) is 1. The van der Waals surface area contributed by atoms with Crippen molar-refractivity contribution in [1.82, 2.24) is 5.32 Å². The van der Waals surface area contributed by atoms with Gasteiger partial charge in [-0.15, -0.1) is 0 Å². The summed E-state index contributed by atoms with van der Waals surface area (Å²) in [6.45, 7) is 5.64. The first-order valence-electron chi connectivity index (χ1n) is 6.38. The molecule has 1 amide bonds. The molecule has 0 bridgehead atoms. The Labute approximate surface area is 139 Å². The van der Waals surface area contributed by atoms with Crippen LogP contribution in [0.4, 0.5) is 0 Å². The van der Waals surface area contributed by atoms with Crippen LogP contribution in [-0.4, -0.2) is 21.7 Å². The number of alkyl halides is 3. The summed E-state index contributed by atoms with van der Waals surface area (Å²) in [5.41, 5.74) is 7.28. The van der Waals surface area contributed by atoms with Crippen molar-refractivity contribution in [3.63, 3.8) is 0 Å². The number of hydrogen-bond donors (Lipinski definition) is 2. The number of nitrogens with zero attached hydrogens (tertiary/aromatic N) is 1. The van der Waals surface area contributed by atoms with Gasteiger partial charge in [0.05, 0.1) is 5.84 Å². The van der Waals surface area contributed by atoms with Crippen LogP contribution in [0.1, 0.15) is 29.8 Å². The van der Waals surface area contributed by atoms with Crippen LogP contribution < -0.4 is 11.1 Å². The van der Waals surface area contributed by atoms with Gasteiger partial charge in [-0.25, -0.2) is 4.99 Å². The first-order valence-corrected chi connectivity index (χ1v) is 7.52. The molecule has 21 heavy (non-hydrogen) atoms. The highest BCUT2D eigenvalue weighted by Crippen LogP contribution is 2.31. The second-order valence-electron chi connectivity index (χ2n) is 4.99. The molecule has 0 saturated heterocycles. The second-order valence-corrected chi connectivity index (χ2v) is 7.36. The summed E-state index contributed by atoms with van der Waals surface area (Å²) in [4.78, 5) is 16.3. The van der Waals surface area contributed by atoms with E-state index in [1.807, 2.05) is 32.9 Å². The highest BCUT2D eigenvalue weighted by Gasteiger charge is 2.34. The van der Waals surface area contributed by atoms with E-state index < -0.39 is 9.96 Å². The Morgan fingerprint density at radius 1 is 1.24 bits per heavy atom. The largest absolute Gasteiger partial charge is 0.387 e. The predicted molar refractivity (Wildman–Crippen MR) is 89.2 cm³/mol. The molecule has 3 N–H and O–H groups in total. The third kappa shape index (κ3) is 5.73. The molecule has 0 unspecified atom stereocenters. The van der Waals surface area contributed by atoms with E-state index in [-0.39, 0.29) is 11.8 Å². The molecular formula is C14H18Cl3N3O. The van der Waals surface area contributed by atoms with E-state index in [9.17, 15) is 4.79 Å². The molecule has 0 heterocycles. The van der Waals surface area contributed by atoms with Gasteiger partial charge < -0.3 is 11.1 Å². The van der Waals surface area contributed by atoms with Crippen LogP contribution in [0, 0.1) is 12.8 Å². The fourth-order valence-electron chi connectivity index (χ4n) is 1.40. The molecule has 4 nitrogen and oxygen atoms in total. The van der Waals surface area contributed by atoms with Gasteiger partial charge in [-0.3, -0.25) is 4.79 Å². The Kier molecular flexibility index (Phi) is 6.32. The van der Waals surface area contributed by atoms with Gasteiger partial charge in [0.2, 0.25) is 3.79 Å². The lowest BCUT2D eigenvalue weighted by molar-refractivity contribution is 0.0938. The lowest BCUT2D eigenvalue weighted by Crippen LogP contribution is -2.44. The molecule has 0 fully saturated rings. The highest BCUT2D eigenvalue weighted by molar-refractivity contribution is 6.68. The number of amides is 1. The first kappa shape index (κ1) is 18.1. The Balaban J connectivity index is 2.94. The maximum atomic E-state index is 12.2. The quantitative estimate of drug-likeness (QED) is 0.496. The summed E-state index contributed by atoms with van der Waals surface area (Å²) in [5.74, 6) is -0.0988. The summed E-state index contributed by atoms with van der Waals surface area (Å²) in [7, 11) is 0. The Hall–Kier alpha value is -0.970. The average Bonchev–Trinajstić information content (AvgIpc) is 2.37. The molecule has 1 aromatic carbocycles. The van der Waals surface area contributed by atoms with E-state index in [1.54, 1.807) is 12.1 Å². The highest BCUT2D eigenvalue weighted by atomic mass is 35.6. The van der Waals surface area contributed by atoms with Crippen molar-refractivity contribution in [2.24, 2.45) is 16.6 Å². The molecule has 1 aromatic rings. The molecule has 116 valence electrons. The molecule has 0 aromatic heterocycles. The SMILES string of the molecule is Cc1ccc(C(=O)N[C@H](N=C(N)C(C)C)C(Cl)(Cl)Cl)cc1. The van der Waals surface area contributed by atoms with Crippen molar-refractivity contribution in [3.05, 3.63) is 35.4 Å². The average molecular weight is 351 g/mol. The van der Waals surface area contributed by atoms with Crippen LogP contribution in [-0.2, 0) is 0 Å². The van der Waals surface area contributed by atoms with E-state index in [2.05, 4.69) is 10.3 Å². The number of hydrogen-bond acceptors (Lipinski definition) is 2. The van der Waals surface area contributed by atoms with Crippen molar-refractivity contribution >= 4 is 46.5 Å². The number of benzene rings is 1. The minimum atomic E-state index is -1.79. The van der Waals surface area contributed by atoms with Crippen LogP contribution in [0.2, 0.25) is 0 Å². The van der Waals surface area contributed by atoms with Gasteiger partial charge in [-0.1, -0.05) is 66.3 Å². The predicted octanol–water partition coefficient (Wildman–Crippen LogP) is 3.43. The maximum absolute atomic E-state index is 12.2. The summed E-state index contributed by atoms with van der Waals surface area (Å²) >= 11 is 17.6.